The van der Waals surface area contributed by atoms with Crippen molar-refractivity contribution in [3.05, 3.63) is 17.7 Å². The summed E-state index contributed by atoms with van der Waals surface area (Å²) < 4.78 is 0. The lowest BCUT2D eigenvalue weighted by Gasteiger charge is -2.46. The van der Waals surface area contributed by atoms with E-state index < -0.39 is 0 Å². The number of aromatic nitrogens is 2. The van der Waals surface area contributed by atoms with E-state index in [0.717, 1.165) is 31.2 Å². The van der Waals surface area contributed by atoms with Gasteiger partial charge in [0.15, 0.2) is 0 Å². The van der Waals surface area contributed by atoms with Gasteiger partial charge >= 0.3 is 0 Å². The van der Waals surface area contributed by atoms with Crippen LogP contribution < -0.4 is 5.73 Å². The molecule has 0 aliphatic carbocycles. The first kappa shape index (κ1) is 11.9. The highest BCUT2D eigenvalue weighted by Crippen LogP contribution is 2.28. The first-order valence-electron chi connectivity index (χ1n) is 6.74. The normalized spacial score (nSPS) is 30.9. The smallest absolute Gasteiger partial charge is 0.147 e. The first-order chi connectivity index (χ1) is 8.65. The second kappa shape index (κ2) is 4.48. The predicted molar refractivity (Wildman–Crippen MR) is 71.3 cm³/mol. The summed E-state index contributed by atoms with van der Waals surface area (Å²) >= 11 is 0. The van der Waals surface area contributed by atoms with Crippen LogP contribution in [0.3, 0.4) is 0 Å². The summed E-state index contributed by atoms with van der Waals surface area (Å²) in [5.74, 6) is 1.29. The van der Waals surface area contributed by atoms with Crippen molar-refractivity contribution in [2.75, 3.05) is 38.5 Å². The summed E-state index contributed by atoms with van der Waals surface area (Å²) in [5.41, 5.74) is 7.64. The minimum Gasteiger partial charge on any atom is -0.396 e. The summed E-state index contributed by atoms with van der Waals surface area (Å²) in [4.78, 5) is 14.2. The Bertz CT molecular complexity index is 437. The molecule has 4 heterocycles. The van der Waals surface area contributed by atoms with Crippen molar-refractivity contribution in [1.82, 2.24) is 19.8 Å². The molecular weight excluding hydrogens is 226 g/mol. The highest BCUT2D eigenvalue weighted by molar-refractivity contribution is 5.42. The first-order valence-corrected chi connectivity index (χ1v) is 6.74. The molecule has 2 N–H and O–H groups in total. The Hall–Kier alpha value is -1.20. The Morgan fingerprint density at radius 3 is 2.56 bits per heavy atom. The van der Waals surface area contributed by atoms with E-state index in [1.54, 1.807) is 6.20 Å². The average Bonchev–Trinajstić information content (AvgIpc) is 2.40. The van der Waals surface area contributed by atoms with Crippen LogP contribution in [0.15, 0.2) is 6.20 Å². The minimum atomic E-state index is 0.350. The number of anilines is 1. The zero-order valence-electron chi connectivity index (χ0n) is 11.1. The molecule has 1 atom stereocenters. The molecule has 0 saturated carbocycles. The van der Waals surface area contributed by atoms with Crippen molar-refractivity contribution < 1.29 is 0 Å². The maximum absolute atomic E-state index is 5.95. The standard InChI is InChI=1S/C13H21N5/c1-9(2)12-10(14)7-15-13(16-12)11-8-17-3-5-18(11)6-4-17/h7,9,11H,3-6,8,14H2,1-2H3. The van der Waals surface area contributed by atoms with Crippen LogP contribution in [0.4, 0.5) is 5.69 Å². The largest absolute Gasteiger partial charge is 0.396 e. The highest BCUT2D eigenvalue weighted by atomic mass is 15.4. The summed E-state index contributed by atoms with van der Waals surface area (Å²) in [6.45, 7) is 9.94. The molecule has 5 nitrogen and oxygen atoms in total. The van der Waals surface area contributed by atoms with Gasteiger partial charge in [-0.1, -0.05) is 13.8 Å². The predicted octanol–water partition coefficient (Wildman–Crippen LogP) is 0.854. The van der Waals surface area contributed by atoms with Gasteiger partial charge in [0.2, 0.25) is 0 Å². The van der Waals surface area contributed by atoms with E-state index in [9.17, 15) is 0 Å². The molecule has 3 aliphatic rings. The number of hydrogen-bond acceptors (Lipinski definition) is 5. The summed E-state index contributed by atoms with van der Waals surface area (Å²) in [7, 11) is 0. The van der Waals surface area contributed by atoms with Gasteiger partial charge in [-0.3, -0.25) is 9.80 Å². The van der Waals surface area contributed by atoms with E-state index in [-0.39, 0.29) is 0 Å². The number of nitrogen functional groups attached to an aromatic ring is 1. The van der Waals surface area contributed by atoms with Crippen LogP contribution in [0.2, 0.25) is 0 Å². The Balaban J connectivity index is 1.90. The van der Waals surface area contributed by atoms with Crippen LogP contribution in [0, 0.1) is 0 Å². The minimum absolute atomic E-state index is 0.350. The lowest BCUT2D eigenvalue weighted by molar-refractivity contribution is 0.00856. The third-order valence-electron chi connectivity index (χ3n) is 3.99. The zero-order chi connectivity index (χ0) is 12.7. The second-order valence-corrected chi connectivity index (χ2v) is 5.58. The van der Waals surface area contributed by atoms with E-state index in [1.807, 2.05) is 0 Å². The monoisotopic (exact) mass is 247 g/mol. The van der Waals surface area contributed by atoms with Gasteiger partial charge in [0.1, 0.15) is 5.82 Å². The number of fused-ring (bicyclic) bond motifs is 3. The fourth-order valence-corrected chi connectivity index (χ4v) is 2.90. The molecule has 2 bridgehead atoms. The van der Waals surface area contributed by atoms with Gasteiger partial charge in [-0.05, 0) is 5.92 Å². The van der Waals surface area contributed by atoms with Gasteiger partial charge in [0, 0.05) is 32.7 Å². The van der Waals surface area contributed by atoms with Gasteiger partial charge in [0.05, 0.1) is 23.6 Å². The summed E-state index contributed by atoms with van der Waals surface area (Å²) in [5, 5.41) is 0. The molecule has 1 aromatic heterocycles. The highest BCUT2D eigenvalue weighted by Gasteiger charge is 2.34. The van der Waals surface area contributed by atoms with E-state index in [1.165, 1.54) is 13.1 Å². The number of nitrogens with two attached hydrogens (primary N) is 1. The molecule has 4 rings (SSSR count). The number of nitrogens with zero attached hydrogens (tertiary/aromatic N) is 4. The van der Waals surface area contributed by atoms with Crippen molar-refractivity contribution in [3.63, 3.8) is 0 Å². The van der Waals surface area contributed by atoms with E-state index in [4.69, 9.17) is 10.7 Å². The van der Waals surface area contributed by atoms with Crippen LogP contribution in [-0.2, 0) is 0 Å². The molecule has 0 aromatic carbocycles. The van der Waals surface area contributed by atoms with E-state index >= 15 is 0 Å². The topological polar surface area (TPSA) is 58.3 Å². The van der Waals surface area contributed by atoms with Crippen molar-refractivity contribution in [3.8, 4) is 0 Å². The van der Waals surface area contributed by atoms with Crippen LogP contribution in [0.25, 0.3) is 0 Å². The van der Waals surface area contributed by atoms with Crippen LogP contribution in [-0.4, -0.2) is 52.5 Å². The molecule has 1 aromatic rings. The third-order valence-corrected chi connectivity index (χ3v) is 3.99. The molecular formula is C13H21N5. The summed E-state index contributed by atoms with van der Waals surface area (Å²) in [6, 6.07) is 0.352. The number of rotatable bonds is 2. The molecule has 98 valence electrons. The fourth-order valence-electron chi connectivity index (χ4n) is 2.90. The summed E-state index contributed by atoms with van der Waals surface area (Å²) in [6.07, 6.45) is 1.77. The molecule has 1 unspecified atom stereocenters. The molecule has 3 aliphatic heterocycles. The Kier molecular flexibility index (Phi) is 2.95. The number of piperazine rings is 3. The average molecular weight is 247 g/mol. The second-order valence-electron chi connectivity index (χ2n) is 5.58. The quantitative estimate of drug-likeness (QED) is 0.840. The fraction of sp³-hybridized carbons (Fsp3) is 0.692. The molecule has 18 heavy (non-hydrogen) atoms. The maximum Gasteiger partial charge on any atom is 0.147 e. The molecule has 3 saturated heterocycles. The Morgan fingerprint density at radius 1 is 1.28 bits per heavy atom. The maximum atomic E-state index is 5.95. The third kappa shape index (κ3) is 1.97. The van der Waals surface area contributed by atoms with E-state index in [0.29, 0.717) is 17.6 Å². The van der Waals surface area contributed by atoms with E-state index in [2.05, 4.69) is 28.6 Å². The molecule has 0 amide bonds. The lowest BCUT2D eigenvalue weighted by atomic mass is 10.1. The van der Waals surface area contributed by atoms with Gasteiger partial charge < -0.3 is 5.73 Å². The van der Waals surface area contributed by atoms with Crippen LogP contribution in [0.5, 0.6) is 0 Å². The molecule has 0 spiro atoms. The number of hydrogen-bond donors (Lipinski definition) is 1. The lowest BCUT2D eigenvalue weighted by Crippen LogP contribution is -2.57. The van der Waals surface area contributed by atoms with Gasteiger partial charge in [-0.2, -0.15) is 0 Å². The van der Waals surface area contributed by atoms with Crippen LogP contribution in [0.1, 0.15) is 37.3 Å². The molecule has 3 fully saturated rings. The van der Waals surface area contributed by atoms with Crippen molar-refractivity contribution in [2.24, 2.45) is 0 Å². The SMILES string of the molecule is CC(C)c1nc(C2CN3CCN2CC3)ncc1N. The van der Waals surface area contributed by atoms with Crippen LogP contribution >= 0.6 is 0 Å². The van der Waals surface area contributed by atoms with Gasteiger partial charge in [-0.25, -0.2) is 9.97 Å². The Morgan fingerprint density at radius 2 is 2.00 bits per heavy atom. The molecule has 0 radical (unpaired) electrons. The van der Waals surface area contributed by atoms with Crippen molar-refractivity contribution >= 4 is 5.69 Å². The zero-order valence-corrected chi connectivity index (χ0v) is 11.1. The molecule has 5 heteroatoms. The van der Waals surface area contributed by atoms with Gasteiger partial charge in [0.25, 0.3) is 0 Å². The van der Waals surface area contributed by atoms with Crippen molar-refractivity contribution in [2.45, 2.75) is 25.8 Å². The Labute approximate surface area is 108 Å². The van der Waals surface area contributed by atoms with Gasteiger partial charge in [-0.15, -0.1) is 0 Å². The van der Waals surface area contributed by atoms with Crippen molar-refractivity contribution in [1.29, 1.82) is 0 Å².